The van der Waals surface area contributed by atoms with Gasteiger partial charge in [0.05, 0.1) is 11.0 Å². The lowest BCUT2D eigenvalue weighted by Gasteiger charge is -2.11. The van der Waals surface area contributed by atoms with Crippen LogP contribution in [0.15, 0.2) is 104 Å². The molecule has 0 aliphatic rings. The van der Waals surface area contributed by atoms with Crippen molar-refractivity contribution in [1.82, 2.24) is 19.1 Å². The molecule has 5 nitrogen and oxygen atoms in total. The Labute approximate surface area is 195 Å². The molecule has 0 saturated carbocycles. The van der Waals surface area contributed by atoms with Gasteiger partial charge in [-0.2, -0.15) is 0 Å². The summed E-state index contributed by atoms with van der Waals surface area (Å²) in [5.74, 6) is 3.35. The van der Waals surface area contributed by atoms with Crippen LogP contribution in [0.25, 0.3) is 49.8 Å². The molecule has 34 heavy (non-hydrogen) atoms. The Morgan fingerprint density at radius 2 is 1.56 bits per heavy atom. The number of aromatic nitrogens is 4. The minimum absolute atomic E-state index is 0.771. The largest absolute Gasteiger partial charge is 0.457 e. The zero-order valence-corrected chi connectivity index (χ0v) is 18.5. The van der Waals surface area contributed by atoms with E-state index < -0.39 is 0 Å². The van der Waals surface area contributed by atoms with Gasteiger partial charge in [-0.05, 0) is 47.2 Å². The highest BCUT2D eigenvalue weighted by Gasteiger charge is 2.18. The summed E-state index contributed by atoms with van der Waals surface area (Å²) in [4.78, 5) is 9.12. The van der Waals surface area contributed by atoms with Gasteiger partial charge >= 0.3 is 0 Å². The van der Waals surface area contributed by atoms with Gasteiger partial charge in [-0.1, -0.05) is 42.5 Å². The minimum atomic E-state index is 0.771. The molecule has 0 amide bonds. The molecule has 162 valence electrons. The van der Waals surface area contributed by atoms with E-state index in [0.29, 0.717) is 0 Å². The second-order valence-corrected chi connectivity index (χ2v) is 8.50. The maximum atomic E-state index is 6.41. The molecule has 0 N–H and O–H groups in total. The molecule has 7 rings (SSSR count). The topological polar surface area (TPSA) is 44.9 Å². The molecular weight excluding hydrogens is 420 g/mol. The summed E-state index contributed by atoms with van der Waals surface area (Å²) >= 11 is 0. The van der Waals surface area contributed by atoms with Gasteiger partial charge in [-0.15, -0.1) is 0 Å². The summed E-state index contributed by atoms with van der Waals surface area (Å²) in [5, 5.41) is 4.85. The molecule has 0 fully saturated rings. The van der Waals surface area contributed by atoms with Gasteiger partial charge < -0.3 is 9.30 Å². The Morgan fingerprint density at radius 3 is 2.41 bits per heavy atom. The molecule has 0 spiro atoms. The molecule has 0 radical (unpaired) electrons. The zero-order valence-electron chi connectivity index (χ0n) is 18.5. The van der Waals surface area contributed by atoms with Crippen LogP contribution in [-0.4, -0.2) is 19.1 Å². The van der Waals surface area contributed by atoms with E-state index in [-0.39, 0.29) is 0 Å². The van der Waals surface area contributed by atoms with Gasteiger partial charge in [0.1, 0.15) is 23.1 Å². The third-order valence-electron chi connectivity index (χ3n) is 6.40. The van der Waals surface area contributed by atoms with Gasteiger partial charge in [0.15, 0.2) is 0 Å². The van der Waals surface area contributed by atoms with Crippen LogP contribution >= 0.6 is 0 Å². The first-order chi connectivity index (χ1) is 16.8. The van der Waals surface area contributed by atoms with Crippen molar-refractivity contribution >= 4 is 32.6 Å². The van der Waals surface area contributed by atoms with Crippen molar-refractivity contribution in [3.63, 3.8) is 0 Å². The first-order valence-corrected chi connectivity index (χ1v) is 11.2. The van der Waals surface area contributed by atoms with Crippen molar-refractivity contribution in [2.75, 3.05) is 0 Å². The lowest BCUT2D eigenvalue weighted by Crippen LogP contribution is -1.96. The van der Waals surface area contributed by atoms with Crippen LogP contribution in [0.5, 0.6) is 11.5 Å². The predicted molar refractivity (Wildman–Crippen MR) is 136 cm³/mol. The minimum Gasteiger partial charge on any atom is -0.457 e. The molecule has 4 aromatic carbocycles. The average molecular weight is 441 g/mol. The van der Waals surface area contributed by atoms with Crippen LogP contribution in [0.1, 0.15) is 0 Å². The number of ether oxygens (including phenoxy) is 1. The molecular formula is C29H20N4O. The Kier molecular flexibility index (Phi) is 3.99. The molecule has 7 aromatic rings. The third-order valence-corrected chi connectivity index (χ3v) is 6.40. The first-order valence-electron chi connectivity index (χ1n) is 11.2. The lowest BCUT2D eigenvalue weighted by atomic mass is 10.0. The second-order valence-electron chi connectivity index (χ2n) is 8.50. The lowest BCUT2D eigenvalue weighted by molar-refractivity contribution is 0.484. The highest BCUT2D eigenvalue weighted by molar-refractivity contribution is 6.24. The summed E-state index contributed by atoms with van der Waals surface area (Å²) in [6.45, 7) is 0. The fraction of sp³-hybridized carbons (Fsp3) is 0.0345. The highest BCUT2D eigenvalue weighted by Crippen LogP contribution is 2.41. The van der Waals surface area contributed by atoms with Crippen LogP contribution < -0.4 is 4.74 Å². The quantitative estimate of drug-likeness (QED) is 0.278. The van der Waals surface area contributed by atoms with E-state index in [1.807, 2.05) is 66.5 Å². The Hall–Kier alpha value is -4.64. The molecule has 0 saturated heterocycles. The number of pyridine rings is 1. The van der Waals surface area contributed by atoms with E-state index in [9.17, 15) is 0 Å². The summed E-state index contributed by atoms with van der Waals surface area (Å²) < 4.78 is 10.6. The van der Waals surface area contributed by atoms with Crippen molar-refractivity contribution in [1.29, 1.82) is 0 Å². The maximum Gasteiger partial charge on any atom is 0.139 e. The standard InChI is InChI=1S/C29H20N4O/c1-32-15-14-31-29(32)21-7-4-8-22(17-21)34-23-16-20-12-11-19-6-5-9-24-27(19)28(20)25(18-23)33(24)26-10-2-3-13-30-26/h2-18H,1H3. The number of imidazole rings is 1. The van der Waals surface area contributed by atoms with Crippen molar-refractivity contribution in [3.05, 3.63) is 104 Å². The summed E-state index contributed by atoms with van der Waals surface area (Å²) in [7, 11) is 1.99. The van der Waals surface area contributed by atoms with Gasteiger partial charge in [0.25, 0.3) is 0 Å². The SMILES string of the molecule is Cn1ccnc1-c1cccc(Oc2cc3ccc4cccc5c4c3c(c2)n5-c2ccccn2)c1. The summed E-state index contributed by atoms with van der Waals surface area (Å²) in [6, 6.07) is 29.1. The summed E-state index contributed by atoms with van der Waals surface area (Å²) in [5.41, 5.74) is 3.24. The summed E-state index contributed by atoms with van der Waals surface area (Å²) in [6.07, 6.45) is 5.58. The van der Waals surface area contributed by atoms with Crippen LogP contribution in [0.3, 0.4) is 0 Å². The molecule has 0 atom stereocenters. The third kappa shape index (κ3) is 2.80. The monoisotopic (exact) mass is 440 g/mol. The van der Waals surface area contributed by atoms with E-state index in [0.717, 1.165) is 45.1 Å². The van der Waals surface area contributed by atoms with Gasteiger partial charge in [0, 0.05) is 48.0 Å². The van der Waals surface area contributed by atoms with Gasteiger partial charge in [-0.3, -0.25) is 4.57 Å². The Bertz CT molecular complexity index is 1800. The van der Waals surface area contributed by atoms with Crippen LogP contribution in [0.2, 0.25) is 0 Å². The molecule has 3 aromatic heterocycles. The fourth-order valence-electron chi connectivity index (χ4n) is 4.94. The number of aryl methyl sites for hydroxylation is 1. The van der Waals surface area contributed by atoms with E-state index in [4.69, 9.17) is 4.74 Å². The van der Waals surface area contributed by atoms with E-state index in [1.165, 1.54) is 16.2 Å². The van der Waals surface area contributed by atoms with E-state index in [1.54, 1.807) is 6.20 Å². The molecule has 0 aliphatic heterocycles. The maximum absolute atomic E-state index is 6.41. The van der Waals surface area contributed by atoms with Crippen LogP contribution in [0.4, 0.5) is 0 Å². The number of hydrogen-bond acceptors (Lipinski definition) is 3. The predicted octanol–water partition coefficient (Wildman–Crippen LogP) is 6.96. The Morgan fingerprint density at radius 1 is 0.676 bits per heavy atom. The van der Waals surface area contributed by atoms with E-state index >= 15 is 0 Å². The van der Waals surface area contributed by atoms with Crippen molar-refractivity contribution < 1.29 is 4.74 Å². The highest BCUT2D eigenvalue weighted by atomic mass is 16.5. The second kappa shape index (κ2) is 7.18. The molecule has 0 aliphatic carbocycles. The smallest absolute Gasteiger partial charge is 0.139 e. The van der Waals surface area contributed by atoms with Crippen molar-refractivity contribution in [2.24, 2.45) is 7.05 Å². The van der Waals surface area contributed by atoms with Crippen molar-refractivity contribution in [2.45, 2.75) is 0 Å². The number of nitrogens with zero attached hydrogens (tertiary/aromatic N) is 4. The fourth-order valence-corrected chi connectivity index (χ4v) is 4.94. The first kappa shape index (κ1) is 18.9. The number of benzene rings is 4. The van der Waals surface area contributed by atoms with E-state index in [2.05, 4.69) is 57.0 Å². The zero-order chi connectivity index (χ0) is 22.6. The van der Waals surface area contributed by atoms with Crippen molar-refractivity contribution in [3.8, 4) is 28.7 Å². The van der Waals surface area contributed by atoms with Gasteiger partial charge in [0.2, 0.25) is 0 Å². The van der Waals surface area contributed by atoms with Crippen LogP contribution in [-0.2, 0) is 7.05 Å². The average Bonchev–Trinajstić information content (AvgIpc) is 3.45. The number of hydrogen-bond donors (Lipinski definition) is 0. The van der Waals surface area contributed by atoms with Crippen LogP contribution in [0, 0.1) is 0 Å². The Balaban J connectivity index is 1.43. The molecule has 3 heterocycles. The van der Waals surface area contributed by atoms with Gasteiger partial charge in [-0.25, -0.2) is 9.97 Å². The molecule has 0 unspecified atom stereocenters. The molecule has 5 heteroatoms. The normalized spacial score (nSPS) is 11.7. The number of rotatable bonds is 4. The molecule has 0 bridgehead atoms.